The number of carbonyl (C=O) groups excluding carboxylic acids is 1. The molecule has 1 aliphatic heterocycles. The normalized spacial score (nSPS) is 18.2. The first-order valence-electron chi connectivity index (χ1n) is 9.58. The van der Waals surface area contributed by atoms with Gasteiger partial charge in [-0.05, 0) is 37.0 Å². The molecule has 0 atom stereocenters. The van der Waals surface area contributed by atoms with Gasteiger partial charge >= 0.3 is 0 Å². The van der Waals surface area contributed by atoms with E-state index in [1.165, 1.54) is 6.07 Å². The molecule has 0 spiro atoms. The largest absolute Gasteiger partial charge is 0.378 e. The first-order valence-corrected chi connectivity index (χ1v) is 9.58. The molecule has 0 bridgehead atoms. The van der Waals surface area contributed by atoms with Crippen LogP contribution in [0.2, 0.25) is 0 Å². The van der Waals surface area contributed by atoms with Crippen LogP contribution in [0.25, 0.3) is 0 Å². The van der Waals surface area contributed by atoms with E-state index in [9.17, 15) is 14.9 Å². The molecule has 4 rings (SSSR count). The number of anilines is 1. The number of nitro benzene ring substituents is 1. The highest BCUT2D eigenvalue weighted by molar-refractivity contribution is 5.96. The van der Waals surface area contributed by atoms with Gasteiger partial charge in [0.1, 0.15) is 5.69 Å². The maximum absolute atomic E-state index is 12.9. The fourth-order valence-corrected chi connectivity index (χ4v) is 3.95. The maximum Gasteiger partial charge on any atom is 0.293 e. The van der Waals surface area contributed by atoms with E-state index < -0.39 is 4.92 Å². The Labute approximate surface area is 163 Å². The first kappa shape index (κ1) is 18.4. The van der Waals surface area contributed by atoms with E-state index in [0.717, 1.165) is 24.8 Å². The molecule has 2 aromatic carbocycles. The highest BCUT2D eigenvalue weighted by atomic mass is 16.6. The number of rotatable bonds is 5. The van der Waals surface area contributed by atoms with Gasteiger partial charge in [0.05, 0.1) is 23.7 Å². The van der Waals surface area contributed by atoms with Crippen molar-refractivity contribution in [3.63, 3.8) is 0 Å². The molecule has 0 radical (unpaired) electrons. The second-order valence-corrected chi connectivity index (χ2v) is 7.32. The van der Waals surface area contributed by atoms with Gasteiger partial charge < -0.3 is 15.0 Å². The van der Waals surface area contributed by atoms with Crippen LogP contribution in [0.4, 0.5) is 11.4 Å². The molecule has 7 heteroatoms. The molecule has 2 aromatic rings. The minimum absolute atomic E-state index is 0.0445. The number of benzene rings is 2. The van der Waals surface area contributed by atoms with Gasteiger partial charge in [-0.15, -0.1) is 0 Å². The molecule has 7 nitrogen and oxygen atoms in total. The number of hydrogen-bond donors (Lipinski definition) is 1. The van der Waals surface area contributed by atoms with Gasteiger partial charge in [0, 0.05) is 24.7 Å². The Hall–Kier alpha value is -2.93. The lowest BCUT2D eigenvalue weighted by Gasteiger charge is -2.43. The van der Waals surface area contributed by atoms with E-state index in [4.69, 9.17) is 4.74 Å². The van der Waals surface area contributed by atoms with Gasteiger partial charge in [-0.3, -0.25) is 14.9 Å². The zero-order chi connectivity index (χ0) is 19.6. The van der Waals surface area contributed by atoms with Gasteiger partial charge in [-0.1, -0.05) is 30.3 Å². The molecule has 2 fully saturated rings. The van der Waals surface area contributed by atoms with E-state index in [1.54, 1.807) is 12.1 Å². The zero-order valence-electron chi connectivity index (χ0n) is 15.6. The van der Waals surface area contributed by atoms with E-state index in [2.05, 4.69) is 5.32 Å². The highest BCUT2D eigenvalue weighted by Gasteiger charge is 2.40. The number of carbonyl (C=O) groups is 1. The number of nitro groups is 1. The summed E-state index contributed by atoms with van der Waals surface area (Å²) in [4.78, 5) is 26.1. The molecular weight excluding hydrogens is 358 g/mol. The Balaban J connectivity index is 1.59. The van der Waals surface area contributed by atoms with Crippen molar-refractivity contribution < 1.29 is 14.5 Å². The number of hydrogen-bond acceptors (Lipinski definition) is 5. The second kappa shape index (κ2) is 7.59. The minimum Gasteiger partial charge on any atom is -0.378 e. The lowest BCUT2D eigenvalue weighted by atomic mass is 9.71. The van der Waals surface area contributed by atoms with Gasteiger partial charge in [0.2, 0.25) is 0 Å². The van der Waals surface area contributed by atoms with E-state index in [-0.39, 0.29) is 17.1 Å². The van der Waals surface area contributed by atoms with E-state index in [0.29, 0.717) is 37.6 Å². The van der Waals surface area contributed by atoms with Crippen LogP contribution in [0, 0.1) is 10.1 Å². The maximum atomic E-state index is 12.9. The van der Waals surface area contributed by atoms with Crippen LogP contribution in [-0.4, -0.2) is 37.1 Å². The van der Waals surface area contributed by atoms with Crippen LogP contribution in [-0.2, 0) is 10.3 Å². The van der Waals surface area contributed by atoms with E-state index in [1.807, 2.05) is 35.2 Å². The average Bonchev–Trinajstić information content (AvgIpc) is 2.71. The molecule has 1 N–H and O–H groups in total. The number of ether oxygens (including phenoxy) is 1. The van der Waals surface area contributed by atoms with Gasteiger partial charge in [0.25, 0.3) is 11.6 Å². The predicted octanol–water partition coefficient (Wildman–Crippen LogP) is 3.24. The molecule has 2 aliphatic rings. The SMILES string of the molecule is O=C(NC1(c2ccccc2)CCC1)c1ccc(N2CCOCC2)c([N+](=O)[O-])c1. The van der Waals surface area contributed by atoms with E-state index >= 15 is 0 Å². The summed E-state index contributed by atoms with van der Waals surface area (Å²) in [6.07, 6.45) is 2.79. The molecule has 1 heterocycles. The van der Waals surface area contributed by atoms with Crippen LogP contribution in [0.15, 0.2) is 48.5 Å². The Morgan fingerprint density at radius 2 is 1.82 bits per heavy atom. The van der Waals surface area contributed by atoms with Crippen LogP contribution in [0.5, 0.6) is 0 Å². The number of morpholine rings is 1. The van der Waals surface area contributed by atoms with Gasteiger partial charge in [-0.2, -0.15) is 0 Å². The third-order valence-corrected chi connectivity index (χ3v) is 5.67. The fourth-order valence-electron chi connectivity index (χ4n) is 3.95. The third-order valence-electron chi connectivity index (χ3n) is 5.67. The minimum atomic E-state index is -0.419. The summed E-state index contributed by atoms with van der Waals surface area (Å²) < 4.78 is 5.32. The Kier molecular flexibility index (Phi) is 5.00. The summed E-state index contributed by atoms with van der Waals surface area (Å²) in [7, 11) is 0. The molecule has 1 saturated carbocycles. The summed E-state index contributed by atoms with van der Waals surface area (Å²) in [6.45, 7) is 2.28. The van der Waals surface area contributed by atoms with Crippen LogP contribution >= 0.6 is 0 Å². The summed E-state index contributed by atoms with van der Waals surface area (Å²) in [5, 5.41) is 14.8. The van der Waals surface area contributed by atoms with Crippen LogP contribution in [0.3, 0.4) is 0 Å². The molecule has 1 saturated heterocycles. The lowest BCUT2D eigenvalue weighted by Crippen LogP contribution is -2.50. The molecule has 0 aromatic heterocycles. The first-order chi connectivity index (χ1) is 13.6. The Bertz CT molecular complexity index is 874. The standard InChI is InChI=1S/C21H23N3O4/c25-20(22-21(9-4-10-21)17-5-2-1-3-6-17)16-7-8-18(19(15-16)24(26)27)23-11-13-28-14-12-23/h1-3,5-8,15H,4,9-14H2,(H,22,25). The van der Waals surface area contributed by atoms with Gasteiger partial charge in [-0.25, -0.2) is 0 Å². The smallest absolute Gasteiger partial charge is 0.293 e. The van der Waals surface area contributed by atoms with Crippen LogP contribution in [0.1, 0.15) is 35.2 Å². The highest BCUT2D eigenvalue weighted by Crippen LogP contribution is 2.41. The van der Waals surface area contributed by atoms with Crippen molar-refractivity contribution in [3.8, 4) is 0 Å². The van der Waals surface area contributed by atoms with Crippen molar-refractivity contribution >= 4 is 17.3 Å². The van der Waals surface area contributed by atoms with Crippen LogP contribution < -0.4 is 10.2 Å². The summed E-state index contributed by atoms with van der Waals surface area (Å²) in [5.41, 5.74) is 1.50. The Morgan fingerprint density at radius 3 is 2.43 bits per heavy atom. The van der Waals surface area contributed by atoms with Crippen molar-refractivity contribution in [1.82, 2.24) is 5.32 Å². The number of nitrogens with zero attached hydrogens (tertiary/aromatic N) is 2. The average molecular weight is 381 g/mol. The van der Waals surface area contributed by atoms with Crippen molar-refractivity contribution in [2.24, 2.45) is 0 Å². The third kappa shape index (κ3) is 3.45. The summed E-state index contributed by atoms with van der Waals surface area (Å²) in [5.74, 6) is -0.278. The molecule has 1 aliphatic carbocycles. The molecular formula is C21H23N3O4. The van der Waals surface area contributed by atoms with Crippen molar-refractivity contribution in [1.29, 1.82) is 0 Å². The molecule has 1 amide bonds. The predicted molar refractivity (Wildman–Crippen MR) is 106 cm³/mol. The topological polar surface area (TPSA) is 84.7 Å². The monoisotopic (exact) mass is 381 g/mol. The van der Waals surface area contributed by atoms with Crippen molar-refractivity contribution in [2.45, 2.75) is 24.8 Å². The molecule has 146 valence electrons. The molecule has 28 heavy (non-hydrogen) atoms. The number of nitrogens with one attached hydrogen (secondary N) is 1. The summed E-state index contributed by atoms with van der Waals surface area (Å²) >= 11 is 0. The van der Waals surface area contributed by atoms with Gasteiger partial charge in [0.15, 0.2) is 0 Å². The summed E-state index contributed by atoms with van der Waals surface area (Å²) in [6, 6.07) is 14.6. The lowest BCUT2D eigenvalue weighted by molar-refractivity contribution is -0.384. The quantitative estimate of drug-likeness (QED) is 0.635. The van der Waals surface area contributed by atoms with Crippen molar-refractivity contribution in [3.05, 3.63) is 69.8 Å². The second-order valence-electron chi connectivity index (χ2n) is 7.32. The molecule has 0 unspecified atom stereocenters. The van der Waals surface area contributed by atoms with Crippen molar-refractivity contribution in [2.75, 3.05) is 31.2 Å². The fraction of sp³-hybridized carbons (Fsp3) is 0.381. The zero-order valence-corrected chi connectivity index (χ0v) is 15.6. The Morgan fingerprint density at radius 1 is 1.11 bits per heavy atom. The number of amides is 1.